The van der Waals surface area contributed by atoms with Gasteiger partial charge in [-0.05, 0) is 48.5 Å². The Morgan fingerprint density at radius 1 is 1.04 bits per heavy atom. The Morgan fingerprint density at radius 2 is 1.48 bits per heavy atom. The zero-order valence-corrected chi connectivity index (χ0v) is 16.6. The van der Waals surface area contributed by atoms with E-state index in [1.165, 1.54) is 45.0 Å². The Balaban J connectivity index is 2.24. The van der Waals surface area contributed by atoms with Gasteiger partial charge in [0.05, 0.1) is 4.90 Å². The smallest absolute Gasteiger partial charge is 0.266 e. The van der Waals surface area contributed by atoms with E-state index in [0.29, 0.717) is 16.5 Å². The number of aliphatic hydroxyl groups is 1. The van der Waals surface area contributed by atoms with E-state index in [2.05, 4.69) is 0 Å². The molecule has 2 rings (SSSR count). The van der Waals surface area contributed by atoms with Crippen LogP contribution in [0.1, 0.15) is 20.8 Å². The molecular weight excluding hydrogens is 392 g/mol. The maximum Gasteiger partial charge on any atom is 0.266 e. The highest BCUT2D eigenvalue weighted by Gasteiger charge is 2.48. The highest BCUT2D eigenvalue weighted by Crippen LogP contribution is 2.30. The molecule has 0 aliphatic rings. The number of nitrogens with two attached hydrogens (primary N) is 1. The summed E-state index contributed by atoms with van der Waals surface area (Å²) in [6, 6.07) is 12.1. The number of hydrogen-bond donors (Lipinski definition) is 3. The maximum absolute atomic E-state index is 12.6. The van der Waals surface area contributed by atoms with Crippen molar-refractivity contribution in [2.45, 2.75) is 31.4 Å². The van der Waals surface area contributed by atoms with Crippen LogP contribution in [0.3, 0.4) is 0 Å². The van der Waals surface area contributed by atoms with Crippen molar-refractivity contribution in [1.29, 1.82) is 0 Å². The van der Waals surface area contributed by atoms with E-state index in [-0.39, 0.29) is 4.90 Å². The number of nitrogens with one attached hydrogen (secondary N) is 1. The summed E-state index contributed by atoms with van der Waals surface area (Å²) in [6.45, 7) is 4.47. The van der Waals surface area contributed by atoms with Crippen LogP contribution < -0.4 is 15.2 Å². The molecule has 1 amide bonds. The summed E-state index contributed by atoms with van der Waals surface area (Å²) >= 11 is 5.81. The SMILES string of the molecule is CC(C)(C)C(O)(NS(=O)(=O)c1ccc(Oc2ccc(Cl)cc2)cc1)C(N)=O. The molecule has 0 bridgehead atoms. The Labute approximate surface area is 163 Å². The Hall–Kier alpha value is -2.13. The van der Waals surface area contributed by atoms with Crippen LogP contribution in [0.25, 0.3) is 0 Å². The Kier molecular flexibility index (Phi) is 5.86. The molecule has 146 valence electrons. The van der Waals surface area contributed by atoms with E-state index < -0.39 is 27.1 Å². The van der Waals surface area contributed by atoms with Gasteiger partial charge in [-0.1, -0.05) is 32.4 Å². The fourth-order valence-electron chi connectivity index (χ4n) is 2.15. The minimum Gasteiger partial charge on any atom is -0.457 e. The van der Waals surface area contributed by atoms with Gasteiger partial charge in [0, 0.05) is 10.4 Å². The quantitative estimate of drug-likeness (QED) is 0.630. The third-order valence-corrected chi connectivity index (χ3v) is 5.62. The van der Waals surface area contributed by atoms with E-state index in [1.54, 1.807) is 24.3 Å². The van der Waals surface area contributed by atoms with Crippen molar-refractivity contribution in [3.63, 3.8) is 0 Å². The molecule has 1 atom stereocenters. The summed E-state index contributed by atoms with van der Waals surface area (Å²) in [7, 11) is -4.22. The number of rotatable bonds is 6. The lowest BCUT2D eigenvalue weighted by atomic mass is 9.83. The first-order valence-corrected chi connectivity index (χ1v) is 9.81. The summed E-state index contributed by atoms with van der Waals surface area (Å²) in [5.74, 6) is -0.262. The number of primary amides is 1. The average Bonchev–Trinajstić information content (AvgIpc) is 2.56. The molecule has 9 heteroatoms. The van der Waals surface area contributed by atoms with Crippen LogP contribution in [-0.4, -0.2) is 25.2 Å². The van der Waals surface area contributed by atoms with Gasteiger partial charge >= 0.3 is 0 Å². The van der Waals surface area contributed by atoms with Crippen LogP contribution in [0.15, 0.2) is 53.4 Å². The number of benzene rings is 2. The van der Waals surface area contributed by atoms with E-state index >= 15 is 0 Å². The number of sulfonamides is 1. The summed E-state index contributed by atoms with van der Waals surface area (Å²) in [5.41, 5.74) is 1.60. The number of carbonyl (C=O) groups excluding carboxylic acids is 1. The number of carbonyl (C=O) groups is 1. The van der Waals surface area contributed by atoms with E-state index in [9.17, 15) is 18.3 Å². The van der Waals surface area contributed by atoms with Gasteiger partial charge in [0.2, 0.25) is 15.7 Å². The van der Waals surface area contributed by atoms with Crippen LogP contribution >= 0.6 is 11.6 Å². The Bertz CT molecular complexity index is 922. The first kappa shape index (κ1) is 21.2. The number of hydrogen-bond acceptors (Lipinski definition) is 5. The van der Waals surface area contributed by atoms with Crippen molar-refractivity contribution in [1.82, 2.24) is 4.72 Å². The summed E-state index contributed by atoms with van der Waals surface area (Å²) in [5, 5.41) is 11.1. The monoisotopic (exact) mass is 412 g/mol. The molecule has 2 aromatic rings. The van der Waals surface area contributed by atoms with Crippen LogP contribution in [0.4, 0.5) is 0 Å². The lowest BCUT2D eigenvalue weighted by molar-refractivity contribution is -0.150. The molecule has 0 saturated heterocycles. The molecule has 0 fully saturated rings. The fourth-order valence-corrected chi connectivity index (χ4v) is 3.69. The summed E-state index contributed by atoms with van der Waals surface area (Å²) < 4.78 is 32.7. The molecule has 27 heavy (non-hydrogen) atoms. The first-order chi connectivity index (χ1) is 12.3. The highest BCUT2D eigenvalue weighted by molar-refractivity contribution is 7.89. The highest BCUT2D eigenvalue weighted by atomic mass is 35.5. The topological polar surface area (TPSA) is 119 Å². The molecule has 0 aliphatic heterocycles. The van der Waals surface area contributed by atoms with Crippen molar-refractivity contribution in [2.75, 3.05) is 0 Å². The van der Waals surface area contributed by atoms with Crippen molar-refractivity contribution in [3.05, 3.63) is 53.6 Å². The third-order valence-electron chi connectivity index (χ3n) is 3.91. The molecule has 0 aliphatic carbocycles. The molecule has 0 saturated carbocycles. The molecular formula is C18H21ClN2O5S. The van der Waals surface area contributed by atoms with E-state index in [4.69, 9.17) is 22.1 Å². The second-order valence-electron chi connectivity index (χ2n) is 6.96. The molecule has 0 radical (unpaired) electrons. The second kappa shape index (κ2) is 7.47. The fraction of sp³-hybridized carbons (Fsp3) is 0.278. The van der Waals surface area contributed by atoms with E-state index in [0.717, 1.165) is 0 Å². The van der Waals surface area contributed by atoms with Crippen LogP contribution in [0.2, 0.25) is 5.02 Å². The van der Waals surface area contributed by atoms with Gasteiger partial charge in [0.1, 0.15) is 11.5 Å². The molecule has 0 heterocycles. The minimum atomic E-state index is -4.22. The number of amides is 1. The first-order valence-electron chi connectivity index (χ1n) is 7.95. The van der Waals surface area contributed by atoms with Gasteiger partial charge < -0.3 is 15.6 Å². The van der Waals surface area contributed by atoms with Crippen molar-refractivity contribution >= 4 is 27.5 Å². The number of ether oxygens (including phenoxy) is 1. The van der Waals surface area contributed by atoms with Crippen LogP contribution in [0.5, 0.6) is 11.5 Å². The largest absolute Gasteiger partial charge is 0.457 e. The zero-order valence-electron chi connectivity index (χ0n) is 15.1. The molecule has 0 aromatic heterocycles. The van der Waals surface area contributed by atoms with Gasteiger partial charge in [0.15, 0.2) is 0 Å². The maximum atomic E-state index is 12.6. The molecule has 7 nitrogen and oxygen atoms in total. The molecule has 0 spiro atoms. The van der Waals surface area contributed by atoms with Crippen molar-refractivity contribution in [3.8, 4) is 11.5 Å². The van der Waals surface area contributed by atoms with Crippen molar-refractivity contribution < 1.29 is 23.1 Å². The van der Waals surface area contributed by atoms with Gasteiger partial charge in [-0.15, -0.1) is 0 Å². The van der Waals surface area contributed by atoms with E-state index in [1.807, 2.05) is 4.72 Å². The predicted octanol–water partition coefficient (Wildman–Crippen LogP) is 2.63. The third kappa shape index (κ3) is 4.78. The average molecular weight is 413 g/mol. The van der Waals surface area contributed by atoms with Crippen molar-refractivity contribution in [2.24, 2.45) is 11.1 Å². The lowest BCUT2D eigenvalue weighted by Crippen LogP contribution is -2.64. The van der Waals surface area contributed by atoms with Crippen LogP contribution in [-0.2, 0) is 14.8 Å². The Morgan fingerprint density at radius 3 is 1.89 bits per heavy atom. The molecule has 1 unspecified atom stereocenters. The molecule has 4 N–H and O–H groups in total. The summed E-state index contributed by atoms with van der Waals surface area (Å²) in [4.78, 5) is 11.5. The van der Waals surface area contributed by atoms with Gasteiger partial charge in [-0.3, -0.25) is 4.79 Å². The minimum absolute atomic E-state index is 0.158. The van der Waals surface area contributed by atoms with Crippen LogP contribution in [0, 0.1) is 5.41 Å². The summed E-state index contributed by atoms with van der Waals surface area (Å²) in [6.07, 6.45) is 0. The standard InChI is InChI=1S/C18H21ClN2O5S/c1-17(2,3)18(23,16(20)22)21-27(24,25)15-10-8-14(9-11-15)26-13-6-4-12(19)5-7-13/h4-11,21,23H,1-3H3,(H2,20,22). The number of halogens is 1. The lowest BCUT2D eigenvalue weighted by Gasteiger charge is -2.37. The zero-order chi connectivity index (χ0) is 20.5. The van der Waals surface area contributed by atoms with Gasteiger partial charge in [-0.25, -0.2) is 8.42 Å². The van der Waals surface area contributed by atoms with Gasteiger partial charge in [-0.2, -0.15) is 4.72 Å². The van der Waals surface area contributed by atoms with Gasteiger partial charge in [0.25, 0.3) is 5.91 Å². The second-order valence-corrected chi connectivity index (χ2v) is 9.08. The normalized spacial score (nSPS) is 14.4. The predicted molar refractivity (Wildman–Crippen MR) is 102 cm³/mol. The molecule has 2 aromatic carbocycles.